The van der Waals surface area contributed by atoms with Gasteiger partial charge in [-0.15, -0.1) is 0 Å². The average Bonchev–Trinajstić information content (AvgIpc) is 2.38. The fourth-order valence-electron chi connectivity index (χ4n) is 1.61. The van der Waals surface area contributed by atoms with Crippen LogP contribution in [0.4, 0.5) is 0 Å². The van der Waals surface area contributed by atoms with Crippen molar-refractivity contribution in [2.75, 3.05) is 13.7 Å². The van der Waals surface area contributed by atoms with Crippen LogP contribution in [0.5, 0.6) is 5.75 Å². The molecule has 0 saturated carbocycles. The van der Waals surface area contributed by atoms with Gasteiger partial charge in [-0.05, 0) is 26.3 Å². The largest absolute Gasteiger partial charge is 0.495 e. The Hall–Kier alpha value is -1.42. The fraction of sp³-hybridized carbons (Fsp3) is 0.538. The summed E-state index contributed by atoms with van der Waals surface area (Å²) < 4.78 is 10.6. The predicted molar refractivity (Wildman–Crippen MR) is 65.4 cm³/mol. The van der Waals surface area contributed by atoms with E-state index in [9.17, 15) is 4.79 Å². The molecule has 0 aliphatic rings. The van der Waals surface area contributed by atoms with Gasteiger partial charge < -0.3 is 9.47 Å². The first kappa shape index (κ1) is 13.6. The maximum Gasteiger partial charge on any atom is 0.195 e. The maximum absolute atomic E-state index is 12.3. The van der Waals surface area contributed by atoms with Crippen molar-refractivity contribution in [3.8, 4) is 5.75 Å². The number of hydrogen-bond donors (Lipinski definition) is 0. The van der Waals surface area contributed by atoms with Crippen molar-refractivity contribution < 1.29 is 14.3 Å². The van der Waals surface area contributed by atoms with Crippen LogP contribution < -0.4 is 4.74 Å². The molecule has 0 aliphatic heterocycles. The third kappa shape index (κ3) is 3.03. The summed E-state index contributed by atoms with van der Waals surface area (Å²) in [7, 11) is 1.55. The Morgan fingerprint density at radius 2 is 2.12 bits per heavy atom. The Bertz CT molecular complexity index is 392. The number of Topliss-reactive ketones (excluding diaryl/α,β-unsaturated/α-hetero) is 1. The van der Waals surface area contributed by atoms with E-state index in [0.717, 1.165) is 0 Å². The fourth-order valence-corrected chi connectivity index (χ4v) is 1.61. The molecule has 1 rings (SSSR count). The molecule has 0 spiro atoms. The zero-order valence-corrected chi connectivity index (χ0v) is 10.8. The minimum absolute atomic E-state index is 0.0618. The second-order valence-corrected chi connectivity index (χ2v) is 3.96. The van der Waals surface area contributed by atoms with E-state index in [0.29, 0.717) is 24.3 Å². The maximum atomic E-state index is 12.3. The molecule has 0 radical (unpaired) electrons. The number of hydrogen-bond acceptors (Lipinski definition) is 4. The highest BCUT2D eigenvalue weighted by atomic mass is 16.5. The summed E-state index contributed by atoms with van der Waals surface area (Å²) in [4.78, 5) is 16.3. The van der Waals surface area contributed by atoms with Gasteiger partial charge in [-0.1, -0.05) is 6.92 Å². The smallest absolute Gasteiger partial charge is 0.195 e. The highest BCUT2D eigenvalue weighted by Gasteiger charge is 2.32. The highest BCUT2D eigenvalue weighted by Crippen LogP contribution is 2.23. The van der Waals surface area contributed by atoms with E-state index in [4.69, 9.17) is 9.47 Å². The lowest BCUT2D eigenvalue weighted by Crippen LogP contribution is -2.38. The third-order valence-electron chi connectivity index (χ3n) is 2.83. The SMILES string of the molecule is CCOC(C)(CC)C(=O)c1cncc(OC)c1. The number of methoxy groups -OCH3 is 1. The second kappa shape index (κ2) is 5.77. The van der Waals surface area contributed by atoms with Gasteiger partial charge in [0.05, 0.1) is 13.3 Å². The molecule has 17 heavy (non-hydrogen) atoms. The van der Waals surface area contributed by atoms with Gasteiger partial charge in [0.1, 0.15) is 11.4 Å². The molecule has 0 aliphatic carbocycles. The lowest BCUT2D eigenvalue weighted by Gasteiger charge is -2.26. The number of ether oxygens (including phenoxy) is 2. The third-order valence-corrected chi connectivity index (χ3v) is 2.83. The zero-order chi connectivity index (χ0) is 12.9. The van der Waals surface area contributed by atoms with E-state index in [-0.39, 0.29) is 5.78 Å². The standard InChI is InChI=1S/C13H19NO3/c1-5-13(3,17-6-2)12(15)10-7-11(16-4)9-14-8-10/h7-9H,5-6H2,1-4H3. The molecule has 1 aromatic rings. The van der Waals surface area contributed by atoms with Crippen LogP contribution in [-0.4, -0.2) is 30.1 Å². The summed E-state index contributed by atoms with van der Waals surface area (Å²) in [6.07, 6.45) is 3.73. The molecule has 0 N–H and O–H groups in total. The number of ketones is 1. The van der Waals surface area contributed by atoms with Gasteiger partial charge in [-0.2, -0.15) is 0 Å². The minimum atomic E-state index is -0.789. The van der Waals surface area contributed by atoms with E-state index >= 15 is 0 Å². The number of nitrogens with zero attached hydrogens (tertiary/aromatic N) is 1. The summed E-state index contributed by atoms with van der Waals surface area (Å²) in [6, 6.07) is 1.68. The van der Waals surface area contributed by atoms with Crippen LogP contribution in [0.15, 0.2) is 18.5 Å². The normalized spacial score (nSPS) is 14.1. The Morgan fingerprint density at radius 3 is 2.65 bits per heavy atom. The molecule has 0 fully saturated rings. The quantitative estimate of drug-likeness (QED) is 0.713. The molecule has 1 aromatic heterocycles. The molecule has 1 heterocycles. The Morgan fingerprint density at radius 1 is 1.41 bits per heavy atom. The first-order valence-electron chi connectivity index (χ1n) is 5.75. The number of carbonyl (C=O) groups is 1. The van der Waals surface area contributed by atoms with E-state index in [1.165, 1.54) is 6.20 Å². The molecule has 0 amide bonds. The van der Waals surface area contributed by atoms with Gasteiger partial charge in [0.15, 0.2) is 5.78 Å². The molecule has 0 saturated heterocycles. The van der Waals surface area contributed by atoms with Crippen molar-refractivity contribution in [2.24, 2.45) is 0 Å². The molecule has 1 atom stereocenters. The molecule has 94 valence electrons. The number of aromatic nitrogens is 1. The summed E-state index contributed by atoms with van der Waals surface area (Å²) in [5.41, 5.74) is -0.273. The summed E-state index contributed by atoms with van der Waals surface area (Å²) >= 11 is 0. The van der Waals surface area contributed by atoms with E-state index in [2.05, 4.69) is 4.98 Å². The average molecular weight is 237 g/mol. The zero-order valence-electron chi connectivity index (χ0n) is 10.8. The Kier molecular flexibility index (Phi) is 4.63. The summed E-state index contributed by atoms with van der Waals surface area (Å²) in [5.74, 6) is 0.513. The van der Waals surface area contributed by atoms with Crippen molar-refractivity contribution in [1.29, 1.82) is 0 Å². The molecule has 1 unspecified atom stereocenters. The van der Waals surface area contributed by atoms with Crippen LogP contribution in [-0.2, 0) is 4.74 Å². The molecule has 4 heteroatoms. The van der Waals surface area contributed by atoms with E-state index < -0.39 is 5.60 Å². The van der Waals surface area contributed by atoms with Crippen molar-refractivity contribution in [2.45, 2.75) is 32.8 Å². The first-order chi connectivity index (χ1) is 8.07. The summed E-state index contributed by atoms with van der Waals surface area (Å²) in [5, 5.41) is 0. The number of carbonyl (C=O) groups excluding carboxylic acids is 1. The number of pyridine rings is 1. The van der Waals surface area contributed by atoms with Gasteiger partial charge in [-0.3, -0.25) is 9.78 Å². The van der Waals surface area contributed by atoms with Crippen LogP contribution >= 0.6 is 0 Å². The van der Waals surface area contributed by atoms with Crippen LogP contribution in [0.3, 0.4) is 0 Å². The first-order valence-corrected chi connectivity index (χ1v) is 5.75. The number of rotatable bonds is 6. The predicted octanol–water partition coefficient (Wildman–Crippen LogP) is 2.48. The van der Waals surface area contributed by atoms with Crippen molar-refractivity contribution in [1.82, 2.24) is 4.98 Å². The van der Waals surface area contributed by atoms with Crippen molar-refractivity contribution >= 4 is 5.78 Å². The molecular formula is C13H19NO3. The Labute approximate surface area is 102 Å². The highest BCUT2D eigenvalue weighted by molar-refractivity contribution is 6.02. The second-order valence-electron chi connectivity index (χ2n) is 3.96. The lowest BCUT2D eigenvalue weighted by atomic mass is 9.93. The van der Waals surface area contributed by atoms with E-state index in [1.807, 2.05) is 13.8 Å². The van der Waals surface area contributed by atoms with Gasteiger partial charge >= 0.3 is 0 Å². The van der Waals surface area contributed by atoms with Crippen LogP contribution in [0.25, 0.3) is 0 Å². The van der Waals surface area contributed by atoms with Gasteiger partial charge in [0.2, 0.25) is 0 Å². The van der Waals surface area contributed by atoms with Gasteiger partial charge in [0, 0.05) is 18.4 Å². The summed E-state index contributed by atoms with van der Waals surface area (Å²) in [6.45, 7) is 6.12. The van der Waals surface area contributed by atoms with E-state index in [1.54, 1.807) is 26.3 Å². The van der Waals surface area contributed by atoms with Gasteiger partial charge in [-0.25, -0.2) is 0 Å². The Balaban J connectivity index is 3.01. The lowest BCUT2D eigenvalue weighted by molar-refractivity contribution is -0.0116. The minimum Gasteiger partial charge on any atom is -0.495 e. The van der Waals surface area contributed by atoms with Crippen LogP contribution in [0, 0.1) is 0 Å². The molecular weight excluding hydrogens is 218 g/mol. The van der Waals surface area contributed by atoms with Gasteiger partial charge in [0.25, 0.3) is 0 Å². The van der Waals surface area contributed by atoms with Crippen molar-refractivity contribution in [3.05, 3.63) is 24.0 Å². The van der Waals surface area contributed by atoms with Crippen LogP contribution in [0.1, 0.15) is 37.6 Å². The molecule has 0 bridgehead atoms. The monoisotopic (exact) mass is 237 g/mol. The van der Waals surface area contributed by atoms with Crippen LogP contribution in [0.2, 0.25) is 0 Å². The topological polar surface area (TPSA) is 48.4 Å². The molecule has 0 aromatic carbocycles. The van der Waals surface area contributed by atoms with Crippen molar-refractivity contribution in [3.63, 3.8) is 0 Å². The molecule has 4 nitrogen and oxygen atoms in total.